The van der Waals surface area contributed by atoms with E-state index in [4.69, 9.17) is 21.7 Å². The Labute approximate surface area is 182 Å². The van der Waals surface area contributed by atoms with E-state index in [1.54, 1.807) is 0 Å². The molecule has 1 aliphatic heterocycles. The van der Waals surface area contributed by atoms with Gasteiger partial charge in [-0.1, -0.05) is 0 Å². The number of aliphatic carboxylic acids is 2. The third kappa shape index (κ3) is 8.29. The van der Waals surface area contributed by atoms with Gasteiger partial charge >= 0.3 is 11.9 Å². The highest BCUT2D eigenvalue weighted by Crippen LogP contribution is 2.18. The molecule has 1 heterocycles. The molecule has 0 unspecified atom stereocenters. The number of likely N-dealkylation sites (tertiary alicyclic amines) is 1. The summed E-state index contributed by atoms with van der Waals surface area (Å²) in [6.45, 7) is 0.243. The number of rotatable bonds is 13. The summed E-state index contributed by atoms with van der Waals surface area (Å²) in [5, 5.41) is 22.1. The van der Waals surface area contributed by atoms with E-state index >= 15 is 0 Å². The first kappa shape index (κ1) is 26.5. The minimum absolute atomic E-state index is 0.243. The number of carbonyl (C=O) groups excluding carboxylic acids is 5. The maximum atomic E-state index is 12.9. The number of nitrogens with one attached hydrogen (secondary N) is 2. The Kier molecular flexibility index (Phi) is 10.2. The minimum Gasteiger partial charge on any atom is -0.481 e. The Balaban J connectivity index is 2.99. The van der Waals surface area contributed by atoms with E-state index in [-0.39, 0.29) is 13.0 Å². The number of carbonyl (C=O) groups is 7. The molecule has 4 amide bonds. The van der Waals surface area contributed by atoms with Crippen molar-refractivity contribution >= 4 is 41.9 Å². The summed E-state index contributed by atoms with van der Waals surface area (Å²) in [5.41, 5.74) is 10.5. The highest BCUT2D eigenvalue weighted by molar-refractivity contribution is 5.96. The largest absolute Gasteiger partial charge is 0.481 e. The van der Waals surface area contributed by atoms with E-state index in [0.29, 0.717) is 19.1 Å². The Morgan fingerprint density at radius 1 is 1.00 bits per heavy atom. The van der Waals surface area contributed by atoms with Gasteiger partial charge in [-0.3, -0.25) is 28.8 Å². The molecule has 8 N–H and O–H groups in total. The van der Waals surface area contributed by atoms with Gasteiger partial charge in [0.1, 0.15) is 18.4 Å². The van der Waals surface area contributed by atoms with Crippen LogP contribution in [0.1, 0.15) is 38.5 Å². The van der Waals surface area contributed by atoms with E-state index in [0.717, 1.165) is 0 Å². The number of nitrogens with zero attached hydrogens (tertiary/aromatic N) is 1. The van der Waals surface area contributed by atoms with Crippen LogP contribution in [0.4, 0.5) is 0 Å². The summed E-state index contributed by atoms with van der Waals surface area (Å²) in [4.78, 5) is 83.1. The van der Waals surface area contributed by atoms with Gasteiger partial charge in [-0.25, -0.2) is 0 Å². The monoisotopic (exact) mass is 457 g/mol. The molecule has 14 heteroatoms. The third-order valence-electron chi connectivity index (χ3n) is 4.77. The van der Waals surface area contributed by atoms with Crippen LogP contribution in [0.15, 0.2) is 0 Å². The number of amides is 4. The first-order valence-electron chi connectivity index (χ1n) is 9.80. The van der Waals surface area contributed by atoms with Crippen molar-refractivity contribution in [1.29, 1.82) is 0 Å². The number of hydrogen-bond donors (Lipinski definition) is 6. The lowest BCUT2D eigenvalue weighted by Gasteiger charge is -2.28. The van der Waals surface area contributed by atoms with Gasteiger partial charge in [-0.2, -0.15) is 0 Å². The molecule has 4 atom stereocenters. The molecule has 0 aromatic heterocycles. The fourth-order valence-corrected chi connectivity index (χ4v) is 3.18. The Morgan fingerprint density at radius 3 is 2.16 bits per heavy atom. The number of hydrogen-bond acceptors (Lipinski definition) is 8. The Hall–Kier alpha value is -3.55. The molecule has 1 saturated heterocycles. The molecule has 1 rings (SSSR count). The first-order chi connectivity index (χ1) is 15.0. The number of carboxylic acid groups (broad SMARTS) is 2. The van der Waals surface area contributed by atoms with Crippen molar-refractivity contribution in [3.05, 3.63) is 0 Å². The average molecular weight is 457 g/mol. The maximum absolute atomic E-state index is 12.9. The van der Waals surface area contributed by atoms with Crippen molar-refractivity contribution in [2.75, 3.05) is 6.54 Å². The van der Waals surface area contributed by atoms with Crippen LogP contribution in [0.5, 0.6) is 0 Å². The number of nitrogens with two attached hydrogens (primary N) is 2. The van der Waals surface area contributed by atoms with E-state index in [9.17, 15) is 33.6 Å². The van der Waals surface area contributed by atoms with Gasteiger partial charge in [0.15, 0.2) is 0 Å². The molecule has 0 aromatic rings. The zero-order valence-corrected chi connectivity index (χ0v) is 17.2. The molecule has 0 aliphatic carbocycles. The topological polar surface area (TPSA) is 239 Å². The van der Waals surface area contributed by atoms with Crippen LogP contribution in [-0.4, -0.2) is 87.7 Å². The molecule has 0 spiro atoms. The second-order valence-electron chi connectivity index (χ2n) is 7.31. The first-order valence-corrected chi connectivity index (χ1v) is 9.80. The summed E-state index contributed by atoms with van der Waals surface area (Å²) < 4.78 is 0. The predicted molar refractivity (Wildman–Crippen MR) is 106 cm³/mol. The second-order valence-corrected chi connectivity index (χ2v) is 7.31. The molecule has 1 fully saturated rings. The van der Waals surface area contributed by atoms with Crippen molar-refractivity contribution in [2.24, 2.45) is 11.5 Å². The van der Waals surface area contributed by atoms with Gasteiger partial charge in [0.25, 0.3) is 0 Å². The highest BCUT2D eigenvalue weighted by Gasteiger charge is 2.35. The standard InChI is InChI=1S/C18H27N5O9/c19-10(6-15(28)29)16(30)22-12(7-13(20)25)17(31)21-11(3-4-14(26)27)18(32)23-5-1-2-9(23)8-24/h8-12H,1-7,19H2,(H2,20,25)(H,21,31)(H,22,30)(H,26,27)(H,28,29)/t9-,10-,11-,12-/m0/s1. The summed E-state index contributed by atoms with van der Waals surface area (Å²) in [6.07, 6.45) is -0.644. The Morgan fingerprint density at radius 2 is 1.62 bits per heavy atom. The lowest BCUT2D eigenvalue weighted by Crippen LogP contribution is -2.57. The van der Waals surface area contributed by atoms with Crippen LogP contribution < -0.4 is 22.1 Å². The molecule has 0 aromatic carbocycles. The van der Waals surface area contributed by atoms with Gasteiger partial charge in [0, 0.05) is 13.0 Å². The molecule has 32 heavy (non-hydrogen) atoms. The average Bonchev–Trinajstić information content (AvgIpc) is 3.17. The van der Waals surface area contributed by atoms with Crippen LogP contribution in [0.2, 0.25) is 0 Å². The van der Waals surface area contributed by atoms with Crippen LogP contribution in [0.3, 0.4) is 0 Å². The molecular weight excluding hydrogens is 430 g/mol. The zero-order valence-electron chi connectivity index (χ0n) is 17.2. The van der Waals surface area contributed by atoms with Gasteiger partial charge < -0.3 is 42.0 Å². The zero-order chi connectivity index (χ0) is 24.4. The minimum atomic E-state index is -1.58. The fraction of sp³-hybridized carbons (Fsp3) is 0.611. The number of primary amides is 1. The summed E-state index contributed by atoms with van der Waals surface area (Å²) in [7, 11) is 0. The number of carboxylic acids is 2. The molecule has 0 radical (unpaired) electrons. The van der Waals surface area contributed by atoms with E-state index in [2.05, 4.69) is 10.6 Å². The summed E-state index contributed by atoms with van der Waals surface area (Å²) in [5.74, 6) is -6.31. The van der Waals surface area contributed by atoms with E-state index < -0.39 is 79.0 Å². The maximum Gasteiger partial charge on any atom is 0.305 e. The molecule has 178 valence electrons. The molecule has 0 saturated carbocycles. The van der Waals surface area contributed by atoms with Crippen molar-refractivity contribution in [2.45, 2.75) is 62.7 Å². The third-order valence-corrected chi connectivity index (χ3v) is 4.77. The van der Waals surface area contributed by atoms with Crippen molar-refractivity contribution in [1.82, 2.24) is 15.5 Å². The SMILES string of the molecule is NC(=O)C[C@H](NC(=O)[C@@H](N)CC(=O)O)C(=O)N[C@@H](CCC(=O)O)C(=O)N1CCC[C@H]1C=O. The van der Waals surface area contributed by atoms with Crippen LogP contribution in [0, 0.1) is 0 Å². The lowest BCUT2D eigenvalue weighted by molar-refractivity contribution is -0.142. The molecule has 1 aliphatic rings. The van der Waals surface area contributed by atoms with E-state index in [1.807, 2.05) is 0 Å². The second kappa shape index (κ2) is 12.3. The molecule has 0 bridgehead atoms. The van der Waals surface area contributed by atoms with E-state index in [1.165, 1.54) is 4.90 Å². The lowest BCUT2D eigenvalue weighted by atomic mass is 10.1. The quantitative estimate of drug-likeness (QED) is 0.150. The van der Waals surface area contributed by atoms with Crippen LogP contribution in [0.25, 0.3) is 0 Å². The Bertz CT molecular complexity index is 772. The van der Waals surface area contributed by atoms with Gasteiger partial charge in [0.05, 0.1) is 24.9 Å². The van der Waals surface area contributed by atoms with Crippen molar-refractivity contribution in [3.8, 4) is 0 Å². The molecule has 14 nitrogen and oxygen atoms in total. The normalized spacial score (nSPS) is 18.2. The van der Waals surface area contributed by atoms with Gasteiger partial charge in [0.2, 0.25) is 23.6 Å². The van der Waals surface area contributed by atoms with Gasteiger partial charge in [-0.15, -0.1) is 0 Å². The highest BCUT2D eigenvalue weighted by atomic mass is 16.4. The van der Waals surface area contributed by atoms with Gasteiger partial charge in [-0.05, 0) is 19.3 Å². The molecular formula is C18H27N5O9. The summed E-state index contributed by atoms with van der Waals surface area (Å²) in [6, 6.07) is -5.15. The fourth-order valence-electron chi connectivity index (χ4n) is 3.18. The van der Waals surface area contributed by atoms with Crippen LogP contribution in [-0.2, 0) is 33.6 Å². The smallest absolute Gasteiger partial charge is 0.305 e. The predicted octanol–water partition coefficient (Wildman–Crippen LogP) is -3.31. The van der Waals surface area contributed by atoms with Crippen LogP contribution >= 0.6 is 0 Å². The van der Waals surface area contributed by atoms with Crippen molar-refractivity contribution < 1.29 is 43.8 Å². The van der Waals surface area contributed by atoms with Crippen molar-refractivity contribution in [3.63, 3.8) is 0 Å². The summed E-state index contributed by atoms with van der Waals surface area (Å²) >= 11 is 0. The number of aldehydes is 1.